The molecule has 1 fully saturated rings. The van der Waals surface area contributed by atoms with Gasteiger partial charge < -0.3 is 15.4 Å². The van der Waals surface area contributed by atoms with Gasteiger partial charge in [0, 0.05) is 24.0 Å². The Morgan fingerprint density at radius 2 is 2.27 bits per heavy atom. The number of anilines is 1. The van der Waals surface area contributed by atoms with Crippen molar-refractivity contribution in [1.82, 2.24) is 10.3 Å². The summed E-state index contributed by atoms with van der Waals surface area (Å²) in [7, 11) is 1.64. The lowest BCUT2D eigenvalue weighted by Crippen LogP contribution is -2.35. The molecule has 4 nitrogen and oxygen atoms in total. The standard InChI is InChI=1S/C11H17N3O/c1-15-11-8-10(4-7-13-11)14-9-2-5-12-6-3-9/h4,7-9,12H,2-3,5-6H2,1H3,(H,13,14). The molecular weight excluding hydrogens is 190 g/mol. The highest BCUT2D eigenvalue weighted by Crippen LogP contribution is 2.16. The third kappa shape index (κ3) is 2.83. The Bertz CT molecular complexity index is 310. The van der Waals surface area contributed by atoms with Gasteiger partial charge in [-0.2, -0.15) is 0 Å². The summed E-state index contributed by atoms with van der Waals surface area (Å²) in [6, 6.07) is 4.48. The molecule has 2 heterocycles. The van der Waals surface area contributed by atoms with Crippen LogP contribution in [0.3, 0.4) is 0 Å². The molecule has 0 unspecified atom stereocenters. The van der Waals surface area contributed by atoms with E-state index < -0.39 is 0 Å². The van der Waals surface area contributed by atoms with Crippen molar-refractivity contribution in [3.8, 4) is 5.88 Å². The van der Waals surface area contributed by atoms with Crippen molar-refractivity contribution in [2.24, 2.45) is 0 Å². The Hall–Kier alpha value is -1.29. The molecule has 82 valence electrons. The minimum atomic E-state index is 0.568. The van der Waals surface area contributed by atoms with Gasteiger partial charge in [0.2, 0.25) is 5.88 Å². The number of nitrogens with zero attached hydrogens (tertiary/aromatic N) is 1. The van der Waals surface area contributed by atoms with E-state index >= 15 is 0 Å². The topological polar surface area (TPSA) is 46.2 Å². The summed E-state index contributed by atoms with van der Waals surface area (Å²) in [5, 5.41) is 6.84. The predicted octanol–water partition coefficient (Wildman–Crippen LogP) is 1.25. The van der Waals surface area contributed by atoms with Crippen molar-refractivity contribution in [2.45, 2.75) is 18.9 Å². The number of hydrogen-bond donors (Lipinski definition) is 2. The summed E-state index contributed by atoms with van der Waals surface area (Å²) >= 11 is 0. The van der Waals surface area contributed by atoms with Crippen LogP contribution in [0.4, 0.5) is 5.69 Å². The molecule has 0 bridgehead atoms. The molecule has 15 heavy (non-hydrogen) atoms. The van der Waals surface area contributed by atoms with Crippen LogP contribution in [0.25, 0.3) is 0 Å². The second kappa shape index (κ2) is 4.98. The quantitative estimate of drug-likeness (QED) is 0.783. The second-order valence-electron chi connectivity index (χ2n) is 3.76. The van der Waals surface area contributed by atoms with Crippen LogP contribution >= 0.6 is 0 Å². The van der Waals surface area contributed by atoms with Crippen LogP contribution in [0.2, 0.25) is 0 Å². The zero-order chi connectivity index (χ0) is 10.5. The van der Waals surface area contributed by atoms with Crippen molar-refractivity contribution in [3.05, 3.63) is 18.3 Å². The summed E-state index contributed by atoms with van der Waals surface area (Å²) in [5.74, 6) is 0.661. The van der Waals surface area contributed by atoms with E-state index in [-0.39, 0.29) is 0 Å². The molecule has 0 aliphatic carbocycles. The molecule has 0 radical (unpaired) electrons. The number of methoxy groups -OCH3 is 1. The summed E-state index contributed by atoms with van der Waals surface area (Å²) in [4.78, 5) is 4.08. The third-order valence-electron chi connectivity index (χ3n) is 2.65. The highest BCUT2D eigenvalue weighted by molar-refractivity contribution is 5.45. The van der Waals surface area contributed by atoms with Crippen molar-refractivity contribution in [1.29, 1.82) is 0 Å². The lowest BCUT2D eigenvalue weighted by atomic mass is 10.1. The summed E-state index contributed by atoms with van der Waals surface area (Å²) in [6.45, 7) is 2.19. The fourth-order valence-corrected chi connectivity index (χ4v) is 1.81. The van der Waals surface area contributed by atoms with Gasteiger partial charge in [0.15, 0.2) is 0 Å². The van der Waals surface area contributed by atoms with Crippen LogP contribution in [-0.4, -0.2) is 31.2 Å². The highest BCUT2D eigenvalue weighted by atomic mass is 16.5. The number of ether oxygens (including phenoxy) is 1. The van der Waals surface area contributed by atoms with Gasteiger partial charge in [0.05, 0.1) is 7.11 Å². The number of hydrogen-bond acceptors (Lipinski definition) is 4. The van der Waals surface area contributed by atoms with Crippen LogP contribution in [0, 0.1) is 0 Å². The smallest absolute Gasteiger partial charge is 0.214 e. The maximum Gasteiger partial charge on any atom is 0.214 e. The molecule has 0 atom stereocenters. The Balaban J connectivity index is 1.96. The maximum atomic E-state index is 5.08. The van der Waals surface area contributed by atoms with Gasteiger partial charge in [-0.25, -0.2) is 4.98 Å². The molecule has 0 amide bonds. The number of aromatic nitrogens is 1. The van der Waals surface area contributed by atoms with Gasteiger partial charge in [-0.1, -0.05) is 0 Å². The first kappa shape index (κ1) is 10.2. The maximum absolute atomic E-state index is 5.08. The Morgan fingerprint density at radius 1 is 1.47 bits per heavy atom. The van der Waals surface area contributed by atoms with E-state index in [2.05, 4.69) is 15.6 Å². The van der Waals surface area contributed by atoms with Crippen molar-refractivity contribution < 1.29 is 4.74 Å². The normalized spacial score (nSPS) is 17.4. The number of rotatable bonds is 3. The first-order chi connectivity index (χ1) is 7.38. The average molecular weight is 207 g/mol. The van der Waals surface area contributed by atoms with E-state index in [0.717, 1.165) is 18.8 Å². The Labute approximate surface area is 90.0 Å². The number of nitrogens with one attached hydrogen (secondary N) is 2. The molecule has 2 rings (SSSR count). The van der Waals surface area contributed by atoms with E-state index in [1.165, 1.54) is 12.8 Å². The van der Waals surface area contributed by atoms with Crippen LogP contribution in [0.5, 0.6) is 5.88 Å². The zero-order valence-electron chi connectivity index (χ0n) is 8.99. The predicted molar refractivity (Wildman–Crippen MR) is 60.3 cm³/mol. The fourth-order valence-electron chi connectivity index (χ4n) is 1.81. The summed E-state index contributed by atoms with van der Waals surface area (Å²) in [6.07, 6.45) is 4.11. The minimum Gasteiger partial charge on any atom is -0.481 e. The van der Waals surface area contributed by atoms with Crippen LogP contribution < -0.4 is 15.4 Å². The molecule has 0 aromatic carbocycles. The summed E-state index contributed by atoms with van der Waals surface area (Å²) < 4.78 is 5.08. The van der Waals surface area contributed by atoms with E-state index in [4.69, 9.17) is 4.74 Å². The molecule has 0 spiro atoms. The van der Waals surface area contributed by atoms with Gasteiger partial charge >= 0.3 is 0 Å². The second-order valence-corrected chi connectivity index (χ2v) is 3.76. The Morgan fingerprint density at radius 3 is 3.00 bits per heavy atom. The SMILES string of the molecule is COc1cc(NC2CCNCC2)ccn1. The van der Waals surface area contributed by atoms with E-state index in [1.54, 1.807) is 13.3 Å². The fraction of sp³-hybridized carbons (Fsp3) is 0.545. The van der Waals surface area contributed by atoms with Gasteiger partial charge in [-0.05, 0) is 32.0 Å². The van der Waals surface area contributed by atoms with E-state index in [9.17, 15) is 0 Å². The molecule has 1 aromatic rings. The number of piperidine rings is 1. The molecule has 1 saturated heterocycles. The van der Waals surface area contributed by atoms with E-state index in [0.29, 0.717) is 11.9 Å². The van der Waals surface area contributed by atoms with Gasteiger partial charge in [0.1, 0.15) is 0 Å². The Kier molecular flexibility index (Phi) is 3.40. The molecule has 1 aliphatic rings. The van der Waals surface area contributed by atoms with Crippen LogP contribution in [-0.2, 0) is 0 Å². The summed E-state index contributed by atoms with van der Waals surface area (Å²) in [5.41, 5.74) is 1.09. The largest absolute Gasteiger partial charge is 0.481 e. The number of pyridine rings is 1. The zero-order valence-corrected chi connectivity index (χ0v) is 8.99. The molecule has 4 heteroatoms. The molecular formula is C11H17N3O. The van der Waals surface area contributed by atoms with E-state index in [1.807, 2.05) is 12.1 Å². The molecule has 1 aromatic heterocycles. The van der Waals surface area contributed by atoms with Crippen LogP contribution in [0.15, 0.2) is 18.3 Å². The van der Waals surface area contributed by atoms with Gasteiger partial charge in [-0.3, -0.25) is 0 Å². The molecule has 2 N–H and O–H groups in total. The lowest BCUT2D eigenvalue weighted by Gasteiger charge is -2.24. The van der Waals surface area contributed by atoms with Gasteiger partial charge in [-0.15, -0.1) is 0 Å². The van der Waals surface area contributed by atoms with Crippen LogP contribution in [0.1, 0.15) is 12.8 Å². The lowest BCUT2D eigenvalue weighted by molar-refractivity contribution is 0.398. The van der Waals surface area contributed by atoms with Crippen molar-refractivity contribution in [3.63, 3.8) is 0 Å². The van der Waals surface area contributed by atoms with Crippen molar-refractivity contribution in [2.75, 3.05) is 25.5 Å². The molecule has 0 saturated carbocycles. The third-order valence-corrected chi connectivity index (χ3v) is 2.65. The monoisotopic (exact) mass is 207 g/mol. The first-order valence-corrected chi connectivity index (χ1v) is 5.36. The minimum absolute atomic E-state index is 0.568. The molecule has 1 aliphatic heterocycles. The van der Waals surface area contributed by atoms with Crippen molar-refractivity contribution >= 4 is 5.69 Å². The average Bonchev–Trinajstić information content (AvgIpc) is 2.31. The van der Waals surface area contributed by atoms with Gasteiger partial charge in [0.25, 0.3) is 0 Å². The highest BCUT2D eigenvalue weighted by Gasteiger charge is 2.12. The first-order valence-electron chi connectivity index (χ1n) is 5.36.